The Morgan fingerprint density at radius 2 is 1.31 bits per heavy atom. The lowest BCUT2D eigenvalue weighted by atomic mass is 9.66. The van der Waals surface area contributed by atoms with E-state index in [0.717, 1.165) is 25.7 Å². The van der Waals surface area contributed by atoms with E-state index in [9.17, 15) is 4.79 Å². The Balaban J connectivity index is 4.93. The molecule has 0 aromatic carbocycles. The van der Waals surface area contributed by atoms with E-state index in [2.05, 4.69) is 116 Å². The van der Waals surface area contributed by atoms with Gasteiger partial charge in [-0.25, -0.2) is 0 Å². The van der Waals surface area contributed by atoms with Crippen molar-refractivity contribution in [3.63, 3.8) is 0 Å². The van der Waals surface area contributed by atoms with E-state index >= 15 is 0 Å². The van der Waals surface area contributed by atoms with Crippen LogP contribution >= 0.6 is 11.8 Å². The fourth-order valence-corrected chi connectivity index (χ4v) is 7.70. The molecule has 0 saturated heterocycles. The molecule has 1 amide bonds. The lowest BCUT2D eigenvalue weighted by Gasteiger charge is -2.46. The van der Waals surface area contributed by atoms with Crippen LogP contribution in [0.4, 0.5) is 0 Å². The number of rotatable bonds is 16. The van der Waals surface area contributed by atoms with E-state index in [4.69, 9.17) is 4.74 Å². The van der Waals surface area contributed by atoms with Gasteiger partial charge in [0.2, 0.25) is 5.91 Å². The molecule has 0 aliphatic carbocycles. The number of ether oxygens (including phenoxy) is 1. The van der Waals surface area contributed by atoms with Crippen molar-refractivity contribution in [1.29, 1.82) is 0 Å². The maximum Gasteiger partial charge on any atom is 0.223 e. The van der Waals surface area contributed by atoms with Crippen molar-refractivity contribution < 1.29 is 9.53 Å². The van der Waals surface area contributed by atoms with Crippen LogP contribution in [0.2, 0.25) is 0 Å². The molecule has 0 bridgehead atoms. The molecule has 0 saturated carbocycles. The summed E-state index contributed by atoms with van der Waals surface area (Å²) in [6.45, 7) is 36.8. The van der Waals surface area contributed by atoms with Crippen LogP contribution in [0.25, 0.3) is 0 Å². The molecule has 0 rings (SSSR count). The SMILES string of the molecule is CCC(C)(C)CC(C)(C)C(C)(C)OCCC(C)(C)NC(=O)C(C)CC(C)(C)SC(C)(C)CC(C)C. The molecule has 0 aromatic rings. The Hall–Kier alpha value is -0.220. The molecular formula is C31H63NO2S. The summed E-state index contributed by atoms with van der Waals surface area (Å²) in [5.74, 6) is 0.791. The number of carbonyl (C=O) groups excluding carboxylic acids is 1. The van der Waals surface area contributed by atoms with E-state index < -0.39 is 0 Å². The summed E-state index contributed by atoms with van der Waals surface area (Å²) in [6.07, 6.45) is 5.11. The largest absolute Gasteiger partial charge is 0.375 e. The molecule has 1 N–H and O–H groups in total. The summed E-state index contributed by atoms with van der Waals surface area (Å²) in [4.78, 5) is 13.1. The minimum Gasteiger partial charge on any atom is -0.375 e. The second kappa shape index (κ2) is 12.5. The highest BCUT2D eigenvalue weighted by Gasteiger charge is 2.41. The zero-order valence-corrected chi connectivity index (χ0v) is 27.4. The van der Waals surface area contributed by atoms with Gasteiger partial charge in [0.05, 0.1) is 5.60 Å². The molecular weight excluding hydrogens is 450 g/mol. The number of hydrogen-bond acceptors (Lipinski definition) is 3. The van der Waals surface area contributed by atoms with Gasteiger partial charge in [-0.3, -0.25) is 4.79 Å². The Labute approximate surface area is 225 Å². The highest BCUT2D eigenvalue weighted by Crippen LogP contribution is 2.45. The molecule has 35 heavy (non-hydrogen) atoms. The standard InChI is InChI=1S/C31H63NO2S/c1-17-26(5,6)22-27(7,8)31(15,16)34-19-18-28(9,10)32-25(33)24(4)21-30(13,14)35-29(11,12)20-23(2)3/h23-24H,17-22H2,1-16H3,(H,32,33). The van der Waals surface area contributed by atoms with Gasteiger partial charge >= 0.3 is 0 Å². The topological polar surface area (TPSA) is 38.3 Å². The molecule has 0 aliphatic heterocycles. The van der Waals surface area contributed by atoms with Crippen molar-refractivity contribution in [3.05, 3.63) is 0 Å². The quantitative estimate of drug-likeness (QED) is 0.223. The van der Waals surface area contributed by atoms with E-state index in [-0.39, 0.29) is 37.9 Å². The predicted molar refractivity (Wildman–Crippen MR) is 158 cm³/mol. The minimum atomic E-state index is -0.303. The fourth-order valence-electron chi connectivity index (χ4n) is 5.45. The minimum absolute atomic E-state index is 0.0285. The van der Waals surface area contributed by atoms with Crippen LogP contribution in [0.3, 0.4) is 0 Å². The van der Waals surface area contributed by atoms with Gasteiger partial charge in [0.1, 0.15) is 0 Å². The third-order valence-electron chi connectivity index (χ3n) is 7.86. The maximum atomic E-state index is 13.1. The average molecular weight is 514 g/mol. The van der Waals surface area contributed by atoms with Crippen LogP contribution in [0.15, 0.2) is 0 Å². The molecule has 0 heterocycles. The van der Waals surface area contributed by atoms with Crippen LogP contribution in [0.5, 0.6) is 0 Å². The van der Waals surface area contributed by atoms with Crippen LogP contribution in [0.1, 0.15) is 143 Å². The van der Waals surface area contributed by atoms with Gasteiger partial charge in [-0.05, 0) is 70.1 Å². The number of carbonyl (C=O) groups is 1. The summed E-state index contributed by atoms with van der Waals surface area (Å²) in [7, 11) is 0. The van der Waals surface area contributed by atoms with Gasteiger partial charge in [-0.1, -0.05) is 89.5 Å². The van der Waals surface area contributed by atoms with Crippen LogP contribution in [0, 0.1) is 22.7 Å². The zero-order chi connectivity index (χ0) is 28.1. The van der Waals surface area contributed by atoms with Crippen LogP contribution in [-0.2, 0) is 9.53 Å². The summed E-state index contributed by atoms with van der Waals surface area (Å²) < 4.78 is 6.73. The first-order valence-electron chi connectivity index (χ1n) is 14.0. The summed E-state index contributed by atoms with van der Waals surface area (Å²) in [5, 5.41) is 3.32. The number of thioether (sulfide) groups is 1. The van der Waals surface area contributed by atoms with Gasteiger partial charge in [0.25, 0.3) is 0 Å². The second-order valence-electron chi connectivity index (χ2n) is 15.4. The zero-order valence-electron chi connectivity index (χ0n) is 26.6. The van der Waals surface area contributed by atoms with Crippen LogP contribution < -0.4 is 5.32 Å². The molecule has 0 radical (unpaired) electrons. The fraction of sp³-hybridized carbons (Fsp3) is 0.968. The first kappa shape index (κ1) is 34.8. The van der Waals surface area contributed by atoms with Crippen molar-refractivity contribution >= 4 is 17.7 Å². The molecule has 0 aromatic heterocycles. The molecule has 0 spiro atoms. The monoisotopic (exact) mass is 513 g/mol. The van der Waals surface area contributed by atoms with Crippen molar-refractivity contribution in [1.82, 2.24) is 5.32 Å². The summed E-state index contributed by atoms with van der Waals surface area (Å²) >= 11 is 2.02. The van der Waals surface area contributed by atoms with Gasteiger partial charge in [0.15, 0.2) is 0 Å². The highest BCUT2D eigenvalue weighted by molar-refractivity contribution is 8.01. The Morgan fingerprint density at radius 1 is 0.829 bits per heavy atom. The van der Waals surface area contributed by atoms with E-state index in [1.165, 1.54) is 6.42 Å². The van der Waals surface area contributed by atoms with Crippen molar-refractivity contribution in [2.75, 3.05) is 6.61 Å². The molecule has 1 unspecified atom stereocenters. The van der Waals surface area contributed by atoms with Gasteiger partial charge in [-0.2, -0.15) is 0 Å². The average Bonchev–Trinajstić information content (AvgIpc) is 2.56. The smallest absolute Gasteiger partial charge is 0.223 e. The van der Waals surface area contributed by atoms with E-state index in [1.54, 1.807) is 0 Å². The second-order valence-corrected chi connectivity index (χ2v) is 17.8. The lowest BCUT2D eigenvalue weighted by molar-refractivity contribution is -0.128. The summed E-state index contributed by atoms with van der Waals surface area (Å²) in [5.41, 5.74) is -0.191. The van der Waals surface area contributed by atoms with Gasteiger partial charge in [0, 0.05) is 27.6 Å². The number of nitrogens with one attached hydrogen (secondary N) is 1. The number of hydrogen-bond donors (Lipinski definition) is 1. The summed E-state index contributed by atoms with van der Waals surface area (Å²) in [6, 6.07) is 0. The third-order valence-corrected chi connectivity index (χ3v) is 9.30. The van der Waals surface area contributed by atoms with Crippen molar-refractivity contribution in [2.24, 2.45) is 22.7 Å². The molecule has 0 fully saturated rings. The molecule has 1 atom stereocenters. The van der Waals surface area contributed by atoms with Crippen LogP contribution in [-0.4, -0.2) is 33.1 Å². The molecule has 3 nitrogen and oxygen atoms in total. The number of amides is 1. The maximum absolute atomic E-state index is 13.1. The molecule has 4 heteroatoms. The Kier molecular flexibility index (Phi) is 12.5. The van der Waals surface area contributed by atoms with Crippen molar-refractivity contribution in [3.8, 4) is 0 Å². The molecule has 210 valence electrons. The first-order valence-corrected chi connectivity index (χ1v) is 14.8. The first-order chi connectivity index (χ1) is 15.4. The normalized spacial score (nSPS) is 15.5. The predicted octanol–water partition coefficient (Wildman–Crippen LogP) is 9.28. The lowest BCUT2D eigenvalue weighted by Crippen LogP contribution is -2.49. The Morgan fingerprint density at radius 3 is 1.77 bits per heavy atom. The highest BCUT2D eigenvalue weighted by atomic mass is 32.2. The Bertz CT molecular complexity index is 659. The van der Waals surface area contributed by atoms with Gasteiger partial charge in [-0.15, -0.1) is 11.8 Å². The van der Waals surface area contributed by atoms with Crippen molar-refractivity contribution in [2.45, 2.75) is 164 Å². The van der Waals surface area contributed by atoms with Gasteiger partial charge < -0.3 is 10.1 Å². The van der Waals surface area contributed by atoms with E-state index in [0.29, 0.717) is 17.9 Å². The molecule has 0 aliphatic rings. The van der Waals surface area contributed by atoms with E-state index in [1.807, 2.05) is 11.8 Å². The third kappa shape index (κ3) is 13.2.